The maximum Gasteiger partial charge on any atom is 0.490 e. The highest BCUT2D eigenvalue weighted by atomic mass is 32.2. The van der Waals surface area contributed by atoms with Crippen molar-refractivity contribution in [3.63, 3.8) is 0 Å². The molecule has 0 amide bonds. The summed E-state index contributed by atoms with van der Waals surface area (Å²) in [6.45, 7) is 0.780. The Bertz CT molecular complexity index is 791. The summed E-state index contributed by atoms with van der Waals surface area (Å²) in [5.41, 5.74) is 0. The number of aromatic nitrogens is 1. The molecule has 1 saturated heterocycles. The first-order valence-corrected chi connectivity index (χ1v) is 10.0. The number of hydrogen-bond donors (Lipinski definition) is 1. The molecule has 1 aliphatic heterocycles. The third-order valence-corrected chi connectivity index (χ3v) is 6.38. The second-order valence-electron chi connectivity index (χ2n) is 6.53. The summed E-state index contributed by atoms with van der Waals surface area (Å²) in [5, 5.41) is 7.12. The molecule has 1 aliphatic carbocycles. The Hall–Kier alpha value is -1.96. The van der Waals surface area contributed by atoms with Gasteiger partial charge in [-0.2, -0.15) is 30.2 Å². The van der Waals surface area contributed by atoms with E-state index in [1.807, 2.05) is 12.1 Å². The highest BCUT2D eigenvalue weighted by Crippen LogP contribution is 2.34. The van der Waals surface area contributed by atoms with Gasteiger partial charge in [0.15, 0.2) is 0 Å². The van der Waals surface area contributed by atoms with Crippen LogP contribution in [0.5, 0.6) is 5.75 Å². The first-order chi connectivity index (χ1) is 13.4. The number of pyridine rings is 1. The zero-order valence-electron chi connectivity index (χ0n) is 15.7. The van der Waals surface area contributed by atoms with Crippen LogP contribution in [-0.4, -0.2) is 84.8 Å². The lowest BCUT2D eigenvalue weighted by Crippen LogP contribution is -2.56. The van der Waals surface area contributed by atoms with Gasteiger partial charge in [0.25, 0.3) is 10.2 Å². The van der Waals surface area contributed by atoms with Crippen molar-refractivity contribution in [3.8, 4) is 5.75 Å². The number of carboxylic acid groups (broad SMARTS) is 1. The number of nitrogens with zero attached hydrogens (tertiary/aromatic N) is 3. The highest BCUT2D eigenvalue weighted by Gasteiger charge is 2.48. The van der Waals surface area contributed by atoms with E-state index in [0.29, 0.717) is 18.9 Å². The second kappa shape index (κ2) is 9.24. The monoisotopic (exact) mass is 441 g/mol. The summed E-state index contributed by atoms with van der Waals surface area (Å²) in [7, 11) is -0.324. The van der Waals surface area contributed by atoms with Gasteiger partial charge in [0.1, 0.15) is 18.0 Å². The molecule has 1 saturated carbocycles. The maximum atomic E-state index is 12.4. The van der Waals surface area contributed by atoms with Crippen molar-refractivity contribution < 1.29 is 41.0 Å². The standard InChI is InChI=1S/C14H21N3O4S.C2HF3O2/c1-16(2)22(18,19)17-8-9-20-14-12(17)5-6-13(14)21-11-4-3-7-15-10-11;3-2(4,5)1(6)7/h3-4,7,10,12-14H,5-6,8-9H2,1-2H3;(H,6,7)/t12-,13+,14+;/m0./s1. The number of ether oxygens (including phenoxy) is 2. The van der Waals surface area contributed by atoms with Crippen LogP contribution >= 0.6 is 0 Å². The summed E-state index contributed by atoms with van der Waals surface area (Å²) >= 11 is 0. The molecule has 13 heteroatoms. The number of halogens is 3. The Balaban J connectivity index is 0.000000370. The van der Waals surface area contributed by atoms with E-state index >= 15 is 0 Å². The average molecular weight is 441 g/mol. The van der Waals surface area contributed by atoms with Crippen LogP contribution in [0.4, 0.5) is 13.2 Å². The lowest BCUT2D eigenvalue weighted by Gasteiger charge is -2.39. The van der Waals surface area contributed by atoms with Gasteiger partial charge in [-0.15, -0.1) is 0 Å². The Kier molecular flexibility index (Phi) is 7.43. The fourth-order valence-electron chi connectivity index (χ4n) is 3.10. The predicted octanol–water partition coefficient (Wildman–Crippen LogP) is 1.13. The van der Waals surface area contributed by atoms with E-state index in [4.69, 9.17) is 19.4 Å². The molecule has 164 valence electrons. The quantitative estimate of drug-likeness (QED) is 0.746. The first kappa shape index (κ1) is 23.3. The minimum absolute atomic E-state index is 0.144. The van der Waals surface area contributed by atoms with E-state index in [1.165, 1.54) is 4.31 Å². The molecule has 9 nitrogen and oxygen atoms in total. The molecule has 3 rings (SSSR count). The van der Waals surface area contributed by atoms with Gasteiger partial charge in [-0.25, -0.2) is 4.79 Å². The van der Waals surface area contributed by atoms with Crippen molar-refractivity contribution in [2.45, 2.75) is 37.3 Å². The van der Waals surface area contributed by atoms with E-state index in [0.717, 1.165) is 12.8 Å². The summed E-state index contributed by atoms with van der Waals surface area (Å²) in [6.07, 6.45) is -0.609. The fourth-order valence-corrected chi connectivity index (χ4v) is 4.39. The van der Waals surface area contributed by atoms with Crippen LogP contribution in [0.1, 0.15) is 12.8 Å². The molecule has 2 fully saturated rings. The van der Waals surface area contributed by atoms with Gasteiger partial charge in [-0.05, 0) is 25.0 Å². The summed E-state index contributed by atoms with van der Waals surface area (Å²) in [4.78, 5) is 12.9. The maximum absolute atomic E-state index is 12.4. The summed E-state index contributed by atoms with van der Waals surface area (Å²) in [5.74, 6) is -2.07. The number of fused-ring (bicyclic) bond motifs is 1. The van der Waals surface area contributed by atoms with Crippen LogP contribution in [0.15, 0.2) is 24.5 Å². The summed E-state index contributed by atoms with van der Waals surface area (Å²) in [6, 6.07) is 3.49. The Morgan fingerprint density at radius 1 is 1.38 bits per heavy atom. The van der Waals surface area contributed by atoms with Gasteiger partial charge < -0.3 is 14.6 Å². The number of alkyl halides is 3. The predicted molar refractivity (Wildman–Crippen MR) is 94.4 cm³/mol. The Labute approximate surface area is 166 Å². The zero-order valence-corrected chi connectivity index (χ0v) is 16.6. The summed E-state index contributed by atoms with van der Waals surface area (Å²) < 4.78 is 71.2. The normalized spacial score (nSPS) is 25.1. The smallest absolute Gasteiger partial charge is 0.486 e. The van der Waals surface area contributed by atoms with Gasteiger partial charge in [0.05, 0.1) is 18.8 Å². The van der Waals surface area contributed by atoms with Gasteiger partial charge in [-0.3, -0.25) is 4.98 Å². The molecule has 0 bridgehead atoms. The molecule has 1 N–H and O–H groups in total. The molecular weight excluding hydrogens is 419 g/mol. The van der Waals surface area contributed by atoms with Crippen LogP contribution < -0.4 is 4.74 Å². The highest BCUT2D eigenvalue weighted by molar-refractivity contribution is 7.86. The molecule has 1 aromatic heterocycles. The van der Waals surface area contributed by atoms with E-state index in [2.05, 4.69) is 4.98 Å². The SMILES string of the molecule is CN(C)S(=O)(=O)N1CCO[C@H]2[C@H](Oc3cccnc3)CC[C@@H]21.O=C(O)C(F)(F)F. The Morgan fingerprint density at radius 3 is 2.55 bits per heavy atom. The topological polar surface area (TPSA) is 109 Å². The largest absolute Gasteiger partial charge is 0.490 e. The average Bonchev–Trinajstić information content (AvgIpc) is 3.05. The van der Waals surface area contributed by atoms with E-state index < -0.39 is 22.4 Å². The lowest BCUT2D eigenvalue weighted by molar-refractivity contribution is -0.192. The minimum atomic E-state index is -5.08. The molecule has 0 spiro atoms. The van der Waals surface area contributed by atoms with Crippen LogP contribution in [0.3, 0.4) is 0 Å². The molecule has 2 aliphatic rings. The number of aliphatic carboxylic acids is 1. The molecule has 1 aromatic rings. The molecule has 3 atom stereocenters. The lowest BCUT2D eigenvalue weighted by atomic mass is 10.1. The fraction of sp³-hybridized carbons (Fsp3) is 0.625. The van der Waals surface area contributed by atoms with Gasteiger partial charge in [0.2, 0.25) is 0 Å². The van der Waals surface area contributed by atoms with Crippen molar-refractivity contribution >= 4 is 16.2 Å². The number of morpholine rings is 1. The van der Waals surface area contributed by atoms with Gasteiger partial charge in [0, 0.05) is 26.8 Å². The van der Waals surface area contributed by atoms with Crippen molar-refractivity contribution in [3.05, 3.63) is 24.5 Å². The number of hydrogen-bond acceptors (Lipinski definition) is 6. The van der Waals surface area contributed by atoms with Crippen LogP contribution in [0.25, 0.3) is 0 Å². The van der Waals surface area contributed by atoms with Gasteiger partial charge in [-0.1, -0.05) is 0 Å². The Morgan fingerprint density at radius 2 is 2.03 bits per heavy atom. The molecule has 0 unspecified atom stereocenters. The van der Waals surface area contributed by atoms with Crippen LogP contribution in [0.2, 0.25) is 0 Å². The molecule has 0 aromatic carbocycles. The third-order valence-electron chi connectivity index (χ3n) is 4.41. The molecule has 2 heterocycles. The van der Waals surface area contributed by atoms with Gasteiger partial charge >= 0.3 is 12.1 Å². The van der Waals surface area contributed by atoms with E-state index in [-0.39, 0.29) is 18.2 Å². The minimum Gasteiger partial charge on any atom is -0.486 e. The molecular formula is C16H22F3N3O6S. The third kappa shape index (κ3) is 5.78. The number of carboxylic acids is 1. The van der Waals surface area contributed by atoms with Crippen molar-refractivity contribution in [1.82, 2.24) is 13.6 Å². The number of rotatable bonds is 4. The van der Waals surface area contributed by atoms with E-state index in [9.17, 15) is 21.6 Å². The van der Waals surface area contributed by atoms with Crippen molar-refractivity contribution in [2.24, 2.45) is 0 Å². The van der Waals surface area contributed by atoms with Crippen LogP contribution in [-0.2, 0) is 19.7 Å². The first-order valence-electron chi connectivity index (χ1n) is 8.62. The van der Waals surface area contributed by atoms with Crippen molar-refractivity contribution in [2.75, 3.05) is 27.2 Å². The van der Waals surface area contributed by atoms with E-state index in [1.54, 1.807) is 30.8 Å². The zero-order chi connectivity index (χ0) is 21.8. The molecule has 0 radical (unpaired) electrons. The molecule has 29 heavy (non-hydrogen) atoms. The van der Waals surface area contributed by atoms with Crippen molar-refractivity contribution in [1.29, 1.82) is 0 Å². The second-order valence-corrected chi connectivity index (χ2v) is 8.62. The van der Waals surface area contributed by atoms with Crippen LogP contribution in [0, 0.1) is 0 Å². The number of carbonyl (C=O) groups is 1.